The lowest BCUT2D eigenvalue weighted by molar-refractivity contribution is 0.553. The van der Waals surface area contributed by atoms with Crippen LogP contribution >= 0.6 is 11.5 Å². The maximum atomic E-state index is 13.1. The molecule has 0 aliphatic heterocycles. The highest BCUT2D eigenvalue weighted by Gasteiger charge is 2.21. The van der Waals surface area contributed by atoms with Gasteiger partial charge in [-0.05, 0) is 23.8 Å². The lowest BCUT2D eigenvalue weighted by atomic mass is 9.85. The summed E-state index contributed by atoms with van der Waals surface area (Å²) < 4.78 is 17.4. The Hall–Kier alpha value is -2.54. The molecular weight excluding hydrogens is 327 g/mol. The first-order valence-corrected chi connectivity index (χ1v) is 8.24. The predicted octanol–water partition coefficient (Wildman–Crippen LogP) is 3.42. The third-order valence-corrected chi connectivity index (χ3v) is 4.45. The Bertz CT molecular complexity index is 866. The fourth-order valence-corrected chi connectivity index (χ4v) is 2.85. The normalized spacial score (nSPS) is 11.5. The molecule has 7 heteroatoms. The minimum atomic E-state index is -0.239. The van der Waals surface area contributed by atoms with Crippen molar-refractivity contribution in [3.05, 3.63) is 64.3 Å². The topological polar surface area (TPSA) is 70.7 Å². The third-order valence-electron chi connectivity index (χ3n) is 3.78. The molecule has 1 aromatic carbocycles. The molecule has 0 atom stereocenters. The highest BCUT2D eigenvalue weighted by atomic mass is 32.1. The molecule has 0 aliphatic rings. The van der Waals surface area contributed by atoms with E-state index >= 15 is 0 Å². The monoisotopic (exact) mass is 344 g/mol. The zero-order valence-electron chi connectivity index (χ0n) is 13.3. The van der Waals surface area contributed by atoms with Crippen molar-refractivity contribution in [1.82, 2.24) is 14.3 Å². The molecule has 2 N–H and O–H groups in total. The summed E-state index contributed by atoms with van der Waals surface area (Å²) in [6.45, 7) is 4.80. The number of benzene rings is 1. The molecule has 3 rings (SSSR count). The standard InChI is InChI=1S/C17H17FN4OS/c1-17(2,12-4-6-13(18)7-5-12)10-20-16-21-15(22-24-16)11-3-8-14(23)19-9-11/h3-9H,10H2,1-2H3,(H,19,23)(H,20,21,22). The smallest absolute Gasteiger partial charge is 0.247 e. The first-order chi connectivity index (χ1) is 11.4. The van der Waals surface area contributed by atoms with Gasteiger partial charge in [-0.2, -0.15) is 9.36 Å². The Morgan fingerprint density at radius 2 is 1.96 bits per heavy atom. The predicted molar refractivity (Wildman–Crippen MR) is 93.9 cm³/mol. The molecule has 2 aromatic heterocycles. The Morgan fingerprint density at radius 3 is 2.62 bits per heavy atom. The number of halogens is 1. The summed E-state index contributed by atoms with van der Waals surface area (Å²) in [7, 11) is 0. The van der Waals surface area contributed by atoms with E-state index in [-0.39, 0.29) is 16.8 Å². The van der Waals surface area contributed by atoms with Gasteiger partial charge in [0.2, 0.25) is 10.7 Å². The second-order valence-corrected chi connectivity index (χ2v) is 6.86. The number of aromatic amines is 1. The molecule has 0 fully saturated rings. The van der Waals surface area contributed by atoms with Crippen molar-refractivity contribution >= 4 is 16.7 Å². The molecule has 124 valence electrons. The molecule has 0 spiro atoms. The van der Waals surface area contributed by atoms with E-state index in [0.717, 1.165) is 11.1 Å². The molecular formula is C17H17FN4OS. The van der Waals surface area contributed by atoms with Crippen LogP contribution in [0.3, 0.4) is 0 Å². The minimum Gasteiger partial charge on any atom is -0.359 e. The first-order valence-electron chi connectivity index (χ1n) is 7.47. The fraction of sp³-hybridized carbons (Fsp3) is 0.235. The summed E-state index contributed by atoms with van der Waals surface area (Å²) in [6, 6.07) is 9.66. The number of nitrogens with one attached hydrogen (secondary N) is 2. The first kappa shape index (κ1) is 16.3. The Labute approximate surface area is 142 Å². The van der Waals surface area contributed by atoms with Crippen LogP contribution in [0.15, 0.2) is 47.4 Å². The number of aromatic nitrogens is 3. The fourth-order valence-electron chi connectivity index (χ4n) is 2.26. The molecule has 0 bridgehead atoms. The summed E-state index contributed by atoms with van der Waals surface area (Å²) in [4.78, 5) is 18.1. The number of H-pyrrole nitrogens is 1. The van der Waals surface area contributed by atoms with Crippen LogP contribution in [-0.2, 0) is 5.41 Å². The highest BCUT2D eigenvalue weighted by Crippen LogP contribution is 2.25. The van der Waals surface area contributed by atoms with Crippen molar-refractivity contribution in [3.63, 3.8) is 0 Å². The molecule has 3 aromatic rings. The number of hydrogen-bond donors (Lipinski definition) is 2. The van der Waals surface area contributed by atoms with Gasteiger partial charge in [0.15, 0.2) is 5.82 Å². The summed E-state index contributed by atoms with van der Waals surface area (Å²) in [5, 5.41) is 3.98. The van der Waals surface area contributed by atoms with Crippen molar-refractivity contribution in [3.8, 4) is 11.4 Å². The molecule has 2 heterocycles. The van der Waals surface area contributed by atoms with Crippen molar-refractivity contribution in [2.75, 3.05) is 11.9 Å². The zero-order chi connectivity index (χ0) is 17.2. The van der Waals surface area contributed by atoms with Crippen LogP contribution in [0.1, 0.15) is 19.4 Å². The van der Waals surface area contributed by atoms with Gasteiger partial charge in [0, 0.05) is 41.3 Å². The maximum Gasteiger partial charge on any atom is 0.247 e. The Kier molecular flexibility index (Phi) is 4.44. The summed E-state index contributed by atoms with van der Waals surface area (Å²) >= 11 is 1.26. The minimum absolute atomic E-state index is 0.159. The second kappa shape index (κ2) is 6.52. The molecule has 0 saturated heterocycles. The van der Waals surface area contributed by atoms with E-state index in [0.29, 0.717) is 17.5 Å². The van der Waals surface area contributed by atoms with Gasteiger partial charge in [-0.3, -0.25) is 4.79 Å². The van der Waals surface area contributed by atoms with Gasteiger partial charge >= 0.3 is 0 Å². The van der Waals surface area contributed by atoms with E-state index < -0.39 is 0 Å². The van der Waals surface area contributed by atoms with Crippen molar-refractivity contribution < 1.29 is 4.39 Å². The molecule has 5 nitrogen and oxygen atoms in total. The summed E-state index contributed by atoms with van der Waals surface area (Å²) in [5.41, 5.74) is 1.46. The van der Waals surface area contributed by atoms with Crippen LogP contribution in [0.25, 0.3) is 11.4 Å². The van der Waals surface area contributed by atoms with Gasteiger partial charge in [-0.1, -0.05) is 26.0 Å². The van der Waals surface area contributed by atoms with Gasteiger partial charge in [-0.15, -0.1) is 0 Å². The van der Waals surface area contributed by atoms with Gasteiger partial charge in [-0.25, -0.2) is 4.39 Å². The largest absolute Gasteiger partial charge is 0.359 e. The van der Waals surface area contributed by atoms with Crippen LogP contribution < -0.4 is 10.9 Å². The van der Waals surface area contributed by atoms with E-state index in [9.17, 15) is 9.18 Å². The van der Waals surface area contributed by atoms with Gasteiger partial charge in [0.1, 0.15) is 5.82 Å². The van der Waals surface area contributed by atoms with Crippen LogP contribution in [0.2, 0.25) is 0 Å². The average Bonchev–Trinajstić information content (AvgIpc) is 3.03. The molecule has 24 heavy (non-hydrogen) atoms. The van der Waals surface area contributed by atoms with E-state index in [1.807, 2.05) is 0 Å². The lowest BCUT2D eigenvalue weighted by Crippen LogP contribution is -2.27. The number of rotatable bonds is 5. The molecule has 0 radical (unpaired) electrons. The van der Waals surface area contributed by atoms with Crippen LogP contribution in [0.5, 0.6) is 0 Å². The third kappa shape index (κ3) is 3.68. The number of hydrogen-bond acceptors (Lipinski definition) is 5. The number of pyridine rings is 1. The van der Waals surface area contributed by atoms with Crippen molar-refractivity contribution in [2.45, 2.75) is 19.3 Å². The quantitative estimate of drug-likeness (QED) is 0.744. The van der Waals surface area contributed by atoms with E-state index in [4.69, 9.17) is 0 Å². The highest BCUT2D eigenvalue weighted by molar-refractivity contribution is 7.09. The van der Waals surface area contributed by atoms with E-state index in [1.165, 1.54) is 29.7 Å². The summed E-state index contributed by atoms with van der Waals surface area (Å²) in [6.07, 6.45) is 1.59. The van der Waals surface area contributed by atoms with E-state index in [2.05, 4.69) is 33.5 Å². The maximum absolute atomic E-state index is 13.1. The lowest BCUT2D eigenvalue weighted by Gasteiger charge is -2.25. The average molecular weight is 344 g/mol. The van der Waals surface area contributed by atoms with Crippen LogP contribution in [-0.4, -0.2) is 20.9 Å². The van der Waals surface area contributed by atoms with Gasteiger partial charge in [0.05, 0.1) is 0 Å². The molecule has 0 saturated carbocycles. The number of nitrogens with zero attached hydrogens (tertiary/aromatic N) is 2. The van der Waals surface area contributed by atoms with Crippen molar-refractivity contribution in [2.24, 2.45) is 0 Å². The van der Waals surface area contributed by atoms with Crippen molar-refractivity contribution in [1.29, 1.82) is 0 Å². The van der Waals surface area contributed by atoms with Gasteiger partial charge in [0.25, 0.3) is 0 Å². The summed E-state index contributed by atoms with van der Waals surface area (Å²) in [5.74, 6) is 0.329. The van der Waals surface area contributed by atoms with E-state index in [1.54, 1.807) is 24.4 Å². The van der Waals surface area contributed by atoms with Gasteiger partial charge < -0.3 is 10.3 Å². The second-order valence-electron chi connectivity index (χ2n) is 6.11. The zero-order valence-corrected chi connectivity index (χ0v) is 14.2. The Balaban J connectivity index is 1.69. The number of anilines is 1. The SMILES string of the molecule is CC(C)(CNc1nc(-c2ccc(=O)[nH]c2)ns1)c1ccc(F)cc1. The molecule has 0 unspecified atom stereocenters. The Morgan fingerprint density at radius 1 is 1.21 bits per heavy atom. The van der Waals surface area contributed by atoms with Crippen LogP contribution in [0.4, 0.5) is 9.52 Å². The van der Waals surface area contributed by atoms with Crippen LogP contribution in [0, 0.1) is 5.82 Å². The molecule has 0 amide bonds. The molecule has 0 aliphatic carbocycles.